The van der Waals surface area contributed by atoms with E-state index in [9.17, 15) is 4.39 Å². The van der Waals surface area contributed by atoms with Gasteiger partial charge in [-0.3, -0.25) is 0 Å². The highest BCUT2D eigenvalue weighted by Gasteiger charge is 1.83. The standard InChI is InChI=1S/C12H13F/c1-10-5-3-4-6-11(2)9-12(13)8-7-10/h3-9H,1-2H3. The van der Waals surface area contributed by atoms with Crippen LogP contribution >= 0.6 is 0 Å². The van der Waals surface area contributed by atoms with E-state index in [1.807, 2.05) is 38.1 Å². The quantitative estimate of drug-likeness (QED) is 0.567. The van der Waals surface area contributed by atoms with Crippen molar-refractivity contribution in [1.82, 2.24) is 0 Å². The van der Waals surface area contributed by atoms with Gasteiger partial charge in [0.2, 0.25) is 0 Å². The zero-order valence-corrected chi connectivity index (χ0v) is 7.92. The number of halogens is 1. The van der Waals surface area contributed by atoms with Gasteiger partial charge in [-0.15, -0.1) is 0 Å². The van der Waals surface area contributed by atoms with E-state index in [1.54, 1.807) is 6.07 Å². The molecule has 1 aromatic carbocycles. The molecule has 0 aromatic heterocycles. The van der Waals surface area contributed by atoms with Gasteiger partial charge in [-0.05, 0) is 31.5 Å². The molecule has 1 heteroatoms. The molecule has 0 saturated heterocycles. The first kappa shape index (κ1) is 9.72. The minimum atomic E-state index is -0.211. The van der Waals surface area contributed by atoms with E-state index in [0.717, 1.165) is 11.1 Å². The van der Waals surface area contributed by atoms with Crippen LogP contribution in [0.4, 0.5) is 4.39 Å². The van der Waals surface area contributed by atoms with Gasteiger partial charge in [0.25, 0.3) is 0 Å². The van der Waals surface area contributed by atoms with Gasteiger partial charge in [-0.1, -0.05) is 35.9 Å². The molecule has 13 heavy (non-hydrogen) atoms. The molecule has 68 valence electrons. The molecule has 0 amide bonds. The lowest BCUT2D eigenvalue weighted by atomic mass is 10.2. The van der Waals surface area contributed by atoms with Crippen LogP contribution in [0.25, 0.3) is 0 Å². The SMILES string of the molecule is Cc1ccccc(C)cc(F)cc1. The average Bonchev–Trinajstić information content (AvgIpc) is 2.08. The van der Waals surface area contributed by atoms with Crippen molar-refractivity contribution >= 4 is 0 Å². The predicted octanol–water partition coefficient (Wildman–Crippen LogP) is 3.57. The van der Waals surface area contributed by atoms with Crippen LogP contribution in [0, 0.1) is 19.7 Å². The van der Waals surface area contributed by atoms with Crippen LogP contribution in [0.3, 0.4) is 0 Å². The van der Waals surface area contributed by atoms with E-state index in [1.165, 1.54) is 12.1 Å². The van der Waals surface area contributed by atoms with Crippen LogP contribution in [0.5, 0.6) is 0 Å². The minimum absolute atomic E-state index is 0.211. The van der Waals surface area contributed by atoms with E-state index in [-0.39, 0.29) is 5.82 Å². The van der Waals surface area contributed by atoms with Crippen molar-refractivity contribution in [2.75, 3.05) is 0 Å². The smallest absolute Gasteiger partial charge is 0.123 e. The number of hydrogen-bond acceptors (Lipinski definition) is 0. The fourth-order valence-electron chi connectivity index (χ4n) is 0.995. The maximum Gasteiger partial charge on any atom is 0.123 e. The zero-order valence-electron chi connectivity index (χ0n) is 7.92. The van der Waals surface area contributed by atoms with Crippen molar-refractivity contribution in [1.29, 1.82) is 0 Å². The molecule has 0 atom stereocenters. The van der Waals surface area contributed by atoms with E-state index >= 15 is 0 Å². The summed E-state index contributed by atoms with van der Waals surface area (Å²) in [5.74, 6) is -0.211. The third kappa shape index (κ3) is 3.70. The third-order valence-corrected chi connectivity index (χ3v) is 1.70. The van der Waals surface area contributed by atoms with Crippen LogP contribution in [-0.4, -0.2) is 0 Å². The van der Waals surface area contributed by atoms with E-state index < -0.39 is 0 Å². The molecule has 0 N–H and O–H groups in total. The van der Waals surface area contributed by atoms with Gasteiger partial charge >= 0.3 is 0 Å². The van der Waals surface area contributed by atoms with Crippen LogP contribution in [0.1, 0.15) is 11.1 Å². The molecule has 0 aliphatic rings. The second kappa shape index (κ2) is 4.61. The number of aryl methyl sites for hydroxylation is 2. The van der Waals surface area contributed by atoms with Gasteiger partial charge < -0.3 is 0 Å². The Morgan fingerprint density at radius 2 is 1.46 bits per heavy atom. The first-order chi connectivity index (χ1) is 6.18. The Morgan fingerprint density at radius 1 is 0.846 bits per heavy atom. The molecule has 1 rings (SSSR count). The molecule has 0 radical (unpaired) electrons. The summed E-state index contributed by atoms with van der Waals surface area (Å²) >= 11 is 0. The molecule has 0 heterocycles. The summed E-state index contributed by atoms with van der Waals surface area (Å²) in [6.45, 7) is 3.81. The highest BCUT2D eigenvalue weighted by Crippen LogP contribution is 1.99. The van der Waals surface area contributed by atoms with Crippen molar-refractivity contribution in [3.8, 4) is 0 Å². The van der Waals surface area contributed by atoms with Crippen molar-refractivity contribution in [2.45, 2.75) is 13.8 Å². The Balaban J connectivity index is 3.31. The van der Waals surface area contributed by atoms with E-state index in [0.29, 0.717) is 0 Å². The summed E-state index contributed by atoms with van der Waals surface area (Å²) in [5.41, 5.74) is 1.94. The molecule has 0 aliphatic carbocycles. The maximum absolute atomic E-state index is 13.0. The van der Waals surface area contributed by atoms with Crippen molar-refractivity contribution in [3.05, 3.63) is 59.4 Å². The summed E-state index contributed by atoms with van der Waals surface area (Å²) in [6.07, 6.45) is 0. The first-order valence-corrected chi connectivity index (χ1v) is 4.25. The molecule has 0 unspecified atom stereocenters. The Morgan fingerprint density at radius 3 is 2.15 bits per heavy atom. The number of hydrogen-bond donors (Lipinski definition) is 0. The summed E-state index contributed by atoms with van der Waals surface area (Å²) in [7, 11) is 0. The van der Waals surface area contributed by atoms with Gasteiger partial charge in [-0.2, -0.15) is 0 Å². The molecular formula is C12H13F. The van der Waals surface area contributed by atoms with Gasteiger partial charge in [0.1, 0.15) is 5.82 Å². The predicted molar refractivity (Wildman–Crippen MR) is 53.5 cm³/mol. The fraction of sp³-hybridized carbons (Fsp3) is 0.167. The minimum Gasteiger partial charge on any atom is -0.207 e. The van der Waals surface area contributed by atoms with Crippen molar-refractivity contribution in [2.24, 2.45) is 0 Å². The maximum atomic E-state index is 13.0. The largest absolute Gasteiger partial charge is 0.207 e. The lowest BCUT2D eigenvalue weighted by molar-refractivity contribution is 0.628. The lowest BCUT2D eigenvalue weighted by Gasteiger charge is -1.87. The monoisotopic (exact) mass is 176 g/mol. The summed E-state index contributed by atoms with van der Waals surface area (Å²) in [5, 5.41) is 0. The lowest BCUT2D eigenvalue weighted by Crippen LogP contribution is -1.71. The number of rotatable bonds is 0. The second-order valence-electron chi connectivity index (χ2n) is 3.07. The normalized spacial score (nSPS) is 9.15. The third-order valence-electron chi connectivity index (χ3n) is 1.70. The highest BCUT2D eigenvalue weighted by atomic mass is 19.1. The van der Waals surface area contributed by atoms with Crippen LogP contribution in [0.15, 0.2) is 42.5 Å². The Hall–Kier alpha value is -1.37. The first-order valence-electron chi connectivity index (χ1n) is 4.25. The molecule has 0 spiro atoms. The molecule has 0 saturated carbocycles. The fourth-order valence-corrected chi connectivity index (χ4v) is 0.995. The van der Waals surface area contributed by atoms with Gasteiger partial charge in [0, 0.05) is 0 Å². The highest BCUT2D eigenvalue weighted by molar-refractivity contribution is 5.14. The molecule has 1 aromatic rings. The Labute approximate surface area is 78.4 Å². The van der Waals surface area contributed by atoms with Crippen molar-refractivity contribution in [3.63, 3.8) is 0 Å². The molecule has 0 aliphatic heterocycles. The van der Waals surface area contributed by atoms with E-state index in [2.05, 4.69) is 0 Å². The van der Waals surface area contributed by atoms with Gasteiger partial charge in [0.05, 0.1) is 0 Å². The summed E-state index contributed by atoms with van der Waals surface area (Å²) < 4.78 is 13.0. The topological polar surface area (TPSA) is 0 Å². The van der Waals surface area contributed by atoms with Crippen LogP contribution in [0.2, 0.25) is 0 Å². The van der Waals surface area contributed by atoms with E-state index in [4.69, 9.17) is 0 Å². The average molecular weight is 176 g/mol. The van der Waals surface area contributed by atoms with Crippen LogP contribution < -0.4 is 0 Å². The van der Waals surface area contributed by atoms with Gasteiger partial charge in [-0.25, -0.2) is 4.39 Å². The zero-order chi connectivity index (χ0) is 9.68. The molecular weight excluding hydrogens is 163 g/mol. The summed E-state index contributed by atoms with van der Waals surface area (Å²) in [6, 6.07) is 12.4. The molecule has 0 bridgehead atoms. The van der Waals surface area contributed by atoms with Crippen LogP contribution in [-0.2, 0) is 0 Å². The Kier molecular flexibility index (Phi) is 3.44. The summed E-state index contributed by atoms with van der Waals surface area (Å²) in [4.78, 5) is 0. The molecule has 0 nitrogen and oxygen atoms in total. The van der Waals surface area contributed by atoms with Crippen molar-refractivity contribution < 1.29 is 4.39 Å². The second-order valence-corrected chi connectivity index (χ2v) is 3.07. The molecule has 0 fully saturated rings. The Bertz CT molecular complexity index is 341. The van der Waals surface area contributed by atoms with Gasteiger partial charge in [0.15, 0.2) is 0 Å².